The highest BCUT2D eigenvalue weighted by molar-refractivity contribution is 7.18. The van der Waals surface area contributed by atoms with Crippen molar-refractivity contribution in [2.75, 3.05) is 0 Å². The van der Waals surface area contributed by atoms with Crippen molar-refractivity contribution < 1.29 is 17.6 Å². The Kier molecular flexibility index (Phi) is 4.87. The molecule has 8 heteroatoms. The molecular formula is C17H9ClF4N2S. The summed E-state index contributed by atoms with van der Waals surface area (Å²) in [6.07, 6.45) is -3.22. The van der Waals surface area contributed by atoms with Crippen LogP contribution in [0.2, 0.25) is 5.02 Å². The quantitative estimate of drug-likeness (QED) is 0.380. The van der Waals surface area contributed by atoms with E-state index in [-0.39, 0.29) is 15.6 Å². The molecule has 0 bridgehead atoms. The van der Waals surface area contributed by atoms with Gasteiger partial charge >= 0.3 is 6.18 Å². The van der Waals surface area contributed by atoms with Gasteiger partial charge in [-0.2, -0.15) is 13.2 Å². The van der Waals surface area contributed by atoms with Gasteiger partial charge in [-0.1, -0.05) is 47.2 Å². The summed E-state index contributed by atoms with van der Waals surface area (Å²) in [5.74, 6) is -0.525. The number of aliphatic imine (C=N–C) groups is 1. The molecule has 2 aromatic carbocycles. The zero-order valence-electron chi connectivity index (χ0n) is 12.4. The van der Waals surface area contributed by atoms with Crippen LogP contribution in [0.4, 0.5) is 22.7 Å². The lowest BCUT2D eigenvalue weighted by Crippen LogP contribution is -2.06. The monoisotopic (exact) mass is 384 g/mol. The third-order valence-corrected chi connectivity index (χ3v) is 4.45. The molecule has 0 radical (unpaired) electrons. The molecule has 1 heterocycles. The highest BCUT2D eigenvalue weighted by atomic mass is 35.5. The van der Waals surface area contributed by atoms with E-state index >= 15 is 0 Å². The van der Waals surface area contributed by atoms with Crippen LogP contribution in [0.5, 0.6) is 0 Å². The van der Waals surface area contributed by atoms with E-state index in [9.17, 15) is 17.6 Å². The number of benzene rings is 2. The van der Waals surface area contributed by atoms with Gasteiger partial charge in [0.25, 0.3) is 0 Å². The minimum atomic E-state index is -4.63. The van der Waals surface area contributed by atoms with E-state index in [2.05, 4.69) is 9.98 Å². The maximum atomic E-state index is 13.2. The van der Waals surface area contributed by atoms with Gasteiger partial charge in [-0.05, 0) is 35.4 Å². The molecule has 0 amide bonds. The molecule has 0 atom stereocenters. The summed E-state index contributed by atoms with van der Waals surface area (Å²) in [5.41, 5.74) is -0.122. The van der Waals surface area contributed by atoms with Crippen LogP contribution >= 0.6 is 22.9 Å². The molecule has 3 rings (SSSR count). The van der Waals surface area contributed by atoms with Gasteiger partial charge < -0.3 is 0 Å². The fourth-order valence-corrected chi connectivity index (χ4v) is 3.09. The molecule has 0 saturated carbocycles. The van der Waals surface area contributed by atoms with Gasteiger partial charge in [0.05, 0.1) is 4.88 Å². The van der Waals surface area contributed by atoms with Crippen molar-refractivity contribution in [3.63, 3.8) is 0 Å². The lowest BCUT2D eigenvalue weighted by Gasteiger charge is -2.05. The average Bonchev–Trinajstić information content (AvgIpc) is 3.00. The Balaban J connectivity index is 1.98. The Hall–Kier alpha value is -2.25. The van der Waals surface area contributed by atoms with Crippen molar-refractivity contribution in [3.05, 3.63) is 70.6 Å². The Morgan fingerprint density at radius 3 is 2.24 bits per heavy atom. The average molecular weight is 385 g/mol. The minimum absolute atomic E-state index is 0.0402. The molecule has 0 aliphatic heterocycles. The second kappa shape index (κ2) is 6.93. The highest BCUT2D eigenvalue weighted by Crippen LogP contribution is 2.42. The van der Waals surface area contributed by atoms with E-state index in [1.165, 1.54) is 18.3 Å². The predicted octanol–water partition coefficient (Wildman–Crippen LogP) is 6.37. The Morgan fingerprint density at radius 2 is 1.64 bits per heavy atom. The molecule has 0 aliphatic carbocycles. The zero-order valence-corrected chi connectivity index (χ0v) is 14.0. The summed E-state index contributed by atoms with van der Waals surface area (Å²) in [7, 11) is 0. The number of rotatable bonds is 3. The summed E-state index contributed by atoms with van der Waals surface area (Å²) in [5, 5.41) is 0.506. The Bertz CT molecular complexity index is 900. The van der Waals surface area contributed by atoms with Crippen molar-refractivity contribution in [1.82, 2.24) is 4.98 Å². The molecule has 0 aliphatic rings. The number of halogens is 5. The molecule has 0 spiro atoms. The lowest BCUT2D eigenvalue weighted by atomic mass is 10.1. The second-order valence-electron chi connectivity index (χ2n) is 4.99. The predicted molar refractivity (Wildman–Crippen MR) is 91.2 cm³/mol. The number of aromatic nitrogens is 1. The number of thiazole rings is 1. The van der Waals surface area contributed by atoms with Gasteiger partial charge in [0.1, 0.15) is 5.82 Å². The van der Waals surface area contributed by atoms with Crippen molar-refractivity contribution in [1.29, 1.82) is 0 Å². The van der Waals surface area contributed by atoms with Crippen LogP contribution in [0.15, 0.2) is 53.5 Å². The third kappa shape index (κ3) is 4.24. The summed E-state index contributed by atoms with van der Waals surface area (Å²) >= 11 is 6.57. The maximum absolute atomic E-state index is 13.2. The van der Waals surface area contributed by atoms with Crippen molar-refractivity contribution in [2.24, 2.45) is 4.99 Å². The lowest BCUT2D eigenvalue weighted by molar-refractivity contribution is -0.140. The van der Waals surface area contributed by atoms with Crippen LogP contribution in [-0.4, -0.2) is 11.2 Å². The Labute approximate surface area is 149 Å². The van der Waals surface area contributed by atoms with Crippen molar-refractivity contribution in [2.45, 2.75) is 6.18 Å². The van der Waals surface area contributed by atoms with E-state index in [0.29, 0.717) is 10.6 Å². The topological polar surface area (TPSA) is 25.2 Å². The second-order valence-corrected chi connectivity index (χ2v) is 6.40. The van der Waals surface area contributed by atoms with Crippen LogP contribution in [-0.2, 0) is 6.18 Å². The van der Waals surface area contributed by atoms with E-state index in [0.717, 1.165) is 23.5 Å². The molecular weight excluding hydrogens is 376 g/mol. The van der Waals surface area contributed by atoms with Crippen LogP contribution in [0.25, 0.3) is 10.4 Å². The molecule has 1 aromatic heterocycles. The van der Waals surface area contributed by atoms with E-state index < -0.39 is 17.7 Å². The summed E-state index contributed by atoms with van der Waals surface area (Å²) < 4.78 is 52.7. The van der Waals surface area contributed by atoms with Crippen LogP contribution in [0.3, 0.4) is 0 Å². The largest absolute Gasteiger partial charge is 0.434 e. The summed E-state index contributed by atoms with van der Waals surface area (Å²) in [6, 6.07) is 11.4. The van der Waals surface area contributed by atoms with E-state index in [1.807, 2.05) is 0 Å². The van der Waals surface area contributed by atoms with E-state index in [1.54, 1.807) is 24.3 Å². The number of alkyl halides is 3. The van der Waals surface area contributed by atoms with Gasteiger partial charge in [0, 0.05) is 11.2 Å². The smallest absolute Gasteiger partial charge is 0.227 e. The van der Waals surface area contributed by atoms with Crippen LogP contribution < -0.4 is 0 Å². The standard InChI is InChI=1S/C17H9ClF4N2S/c18-12-5-1-10(2-6-12)9-23-16-24-15(17(20,21)22)14(25-16)11-3-7-13(19)8-4-11/h1-9H/b23-9+. The molecule has 0 N–H and O–H groups in total. The molecule has 0 unspecified atom stereocenters. The SMILES string of the molecule is Fc1ccc(-c2sc(/N=C/c3ccc(Cl)cc3)nc2C(F)(F)F)cc1. The van der Waals surface area contributed by atoms with Gasteiger partial charge in [-0.15, -0.1) is 0 Å². The zero-order chi connectivity index (χ0) is 18.0. The molecule has 25 heavy (non-hydrogen) atoms. The highest BCUT2D eigenvalue weighted by Gasteiger charge is 2.37. The molecule has 3 aromatic rings. The Morgan fingerprint density at radius 1 is 1.00 bits per heavy atom. The normalized spacial score (nSPS) is 12.0. The summed E-state index contributed by atoms with van der Waals surface area (Å²) in [4.78, 5) is 7.50. The summed E-state index contributed by atoms with van der Waals surface area (Å²) in [6.45, 7) is 0. The van der Waals surface area contributed by atoms with Gasteiger partial charge in [-0.3, -0.25) is 0 Å². The molecule has 2 nitrogen and oxygen atoms in total. The molecule has 0 saturated heterocycles. The maximum Gasteiger partial charge on any atom is 0.434 e. The molecule has 0 fully saturated rings. The van der Waals surface area contributed by atoms with Crippen molar-refractivity contribution in [3.8, 4) is 10.4 Å². The third-order valence-electron chi connectivity index (χ3n) is 3.18. The van der Waals surface area contributed by atoms with Gasteiger partial charge in [-0.25, -0.2) is 14.4 Å². The van der Waals surface area contributed by atoms with E-state index in [4.69, 9.17) is 11.6 Å². The first-order chi connectivity index (χ1) is 11.8. The van der Waals surface area contributed by atoms with Crippen molar-refractivity contribution >= 4 is 34.3 Å². The minimum Gasteiger partial charge on any atom is -0.227 e. The van der Waals surface area contributed by atoms with Gasteiger partial charge in [0.2, 0.25) is 5.13 Å². The van der Waals surface area contributed by atoms with Crippen LogP contribution in [0, 0.1) is 5.82 Å². The number of hydrogen-bond donors (Lipinski definition) is 0. The first-order valence-electron chi connectivity index (χ1n) is 6.96. The first-order valence-corrected chi connectivity index (χ1v) is 8.16. The number of nitrogens with zero attached hydrogens (tertiary/aromatic N) is 2. The fourth-order valence-electron chi connectivity index (χ4n) is 2.03. The van der Waals surface area contributed by atoms with Gasteiger partial charge in [0.15, 0.2) is 5.69 Å². The fraction of sp³-hybridized carbons (Fsp3) is 0.0588. The molecule has 128 valence electrons. The first kappa shape index (κ1) is 17.6. The number of hydrogen-bond acceptors (Lipinski definition) is 3. The van der Waals surface area contributed by atoms with Crippen LogP contribution in [0.1, 0.15) is 11.3 Å².